The molecule has 1 N–H and O–H groups in total. The minimum Gasteiger partial charge on any atom is -0.314 e. The summed E-state index contributed by atoms with van der Waals surface area (Å²) in [7, 11) is 0. The Morgan fingerprint density at radius 3 is 2.00 bits per heavy atom. The minimum atomic E-state index is 0.524. The molecule has 0 aromatic carbocycles. The lowest BCUT2D eigenvalue weighted by Crippen LogP contribution is -2.43. The first-order chi connectivity index (χ1) is 6.76. The van der Waals surface area contributed by atoms with Crippen molar-refractivity contribution in [2.75, 3.05) is 6.54 Å². The topological polar surface area (TPSA) is 12.0 Å². The molecule has 0 aliphatic heterocycles. The van der Waals surface area contributed by atoms with Crippen LogP contribution in [0.5, 0.6) is 0 Å². The molecule has 1 aliphatic carbocycles. The van der Waals surface area contributed by atoms with Gasteiger partial charge in [-0.1, -0.05) is 34.6 Å². The quantitative estimate of drug-likeness (QED) is 0.748. The van der Waals surface area contributed by atoms with E-state index >= 15 is 0 Å². The van der Waals surface area contributed by atoms with Crippen molar-refractivity contribution in [3.8, 4) is 0 Å². The summed E-state index contributed by atoms with van der Waals surface area (Å²) < 4.78 is 0. The van der Waals surface area contributed by atoms with Crippen molar-refractivity contribution >= 4 is 0 Å². The van der Waals surface area contributed by atoms with Gasteiger partial charge in [-0.25, -0.2) is 0 Å². The molecule has 0 spiro atoms. The Labute approximate surface area is 96.0 Å². The van der Waals surface area contributed by atoms with Crippen LogP contribution in [-0.4, -0.2) is 12.6 Å². The summed E-state index contributed by atoms with van der Waals surface area (Å²) in [6.45, 7) is 15.4. The van der Waals surface area contributed by atoms with E-state index in [2.05, 4.69) is 46.9 Å². The Bertz CT molecular complexity index is 189. The lowest BCUT2D eigenvalue weighted by molar-refractivity contribution is 0.0527. The van der Waals surface area contributed by atoms with Crippen molar-refractivity contribution in [3.05, 3.63) is 0 Å². The fourth-order valence-electron chi connectivity index (χ4n) is 3.77. The summed E-state index contributed by atoms with van der Waals surface area (Å²) in [4.78, 5) is 0. The molecule has 1 atom stereocenters. The van der Waals surface area contributed by atoms with Crippen LogP contribution in [0.4, 0.5) is 0 Å². The second-order valence-electron chi connectivity index (χ2n) is 7.02. The SMILES string of the molecule is CCNC(C)C1CC(C)(C)CC(C)(C)C1. The third-order valence-corrected chi connectivity index (χ3v) is 3.82. The van der Waals surface area contributed by atoms with Crippen LogP contribution in [0.1, 0.15) is 60.8 Å². The molecule has 1 nitrogen and oxygen atoms in total. The van der Waals surface area contributed by atoms with Gasteiger partial charge in [0.15, 0.2) is 0 Å². The molecule has 90 valence electrons. The van der Waals surface area contributed by atoms with Gasteiger partial charge in [-0.2, -0.15) is 0 Å². The van der Waals surface area contributed by atoms with E-state index in [0.717, 1.165) is 12.5 Å². The van der Waals surface area contributed by atoms with Crippen LogP contribution >= 0.6 is 0 Å². The van der Waals surface area contributed by atoms with Gasteiger partial charge in [-0.15, -0.1) is 0 Å². The molecule has 0 aromatic rings. The maximum Gasteiger partial charge on any atom is 0.00672 e. The Hall–Kier alpha value is -0.0400. The molecule has 1 unspecified atom stereocenters. The highest BCUT2D eigenvalue weighted by Crippen LogP contribution is 2.49. The largest absolute Gasteiger partial charge is 0.314 e. The second-order valence-corrected chi connectivity index (χ2v) is 7.02. The summed E-state index contributed by atoms with van der Waals surface area (Å²) in [5, 5.41) is 3.59. The van der Waals surface area contributed by atoms with E-state index in [-0.39, 0.29) is 0 Å². The van der Waals surface area contributed by atoms with Crippen LogP contribution in [0.15, 0.2) is 0 Å². The van der Waals surface area contributed by atoms with Crippen LogP contribution in [0.3, 0.4) is 0 Å². The highest BCUT2D eigenvalue weighted by molar-refractivity contribution is 4.92. The Morgan fingerprint density at radius 2 is 1.60 bits per heavy atom. The summed E-state index contributed by atoms with van der Waals surface area (Å²) in [6.07, 6.45) is 4.13. The monoisotopic (exact) mass is 211 g/mol. The predicted octanol–water partition coefficient (Wildman–Crippen LogP) is 3.84. The van der Waals surface area contributed by atoms with Crippen molar-refractivity contribution in [3.63, 3.8) is 0 Å². The average Bonchev–Trinajstić information content (AvgIpc) is 1.98. The molecule has 0 aromatic heterocycles. The highest BCUT2D eigenvalue weighted by atomic mass is 14.9. The second kappa shape index (κ2) is 4.45. The molecular weight excluding hydrogens is 182 g/mol. The fourth-order valence-corrected chi connectivity index (χ4v) is 3.77. The molecule has 0 amide bonds. The Morgan fingerprint density at radius 1 is 1.13 bits per heavy atom. The van der Waals surface area contributed by atoms with Crippen molar-refractivity contribution in [2.24, 2.45) is 16.7 Å². The third kappa shape index (κ3) is 3.79. The van der Waals surface area contributed by atoms with E-state index in [0.29, 0.717) is 16.9 Å². The van der Waals surface area contributed by atoms with E-state index < -0.39 is 0 Å². The van der Waals surface area contributed by atoms with E-state index in [4.69, 9.17) is 0 Å². The standard InChI is InChI=1S/C14H29N/c1-7-15-11(2)12-8-13(3,4)10-14(5,6)9-12/h11-12,15H,7-10H2,1-6H3. The van der Waals surface area contributed by atoms with Crippen molar-refractivity contribution in [2.45, 2.75) is 66.8 Å². The summed E-state index contributed by atoms with van der Waals surface area (Å²) in [6, 6.07) is 0.675. The van der Waals surface area contributed by atoms with Crippen molar-refractivity contribution in [1.29, 1.82) is 0 Å². The summed E-state index contributed by atoms with van der Waals surface area (Å²) in [5.41, 5.74) is 1.05. The molecule has 0 bridgehead atoms. The number of rotatable bonds is 3. The molecule has 0 saturated heterocycles. The van der Waals surface area contributed by atoms with E-state index in [1.165, 1.54) is 19.3 Å². The molecule has 1 saturated carbocycles. The summed E-state index contributed by atoms with van der Waals surface area (Å²) in [5.74, 6) is 0.851. The maximum atomic E-state index is 3.59. The van der Waals surface area contributed by atoms with Gasteiger partial charge in [0.2, 0.25) is 0 Å². The minimum absolute atomic E-state index is 0.524. The molecule has 0 heterocycles. The summed E-state index contributed by atoms with van der Waals surface area (Å²) >= 11 is 0. The zero-order valence-corrected chi connectivity index (χ0v) is 11.5. The zero-order valence-electron chi connectivity index (χ0n) is 11.5. The van der Waals surface area contributed by atoms with Gasteiger partial charge < -0.3 is 5.32 Å². The van der Waals surface area contributed by atoms with E-state index in [1.54, 1.807) is 0 Å². The smallest absolute Gasteiger partial charge is 0.00672 e. The van der Waals surface area contributed by atoms with Gasteiger partial charge in [0.25, 0.3) is 0 Å². The van der Waals surface area contributed by atoms with Crippen LogP contribution < -0.4 is 5.32 Å². The number of nitrogens with one attached hydrogen (secondary N) is 1. The normalized spacial score (nSPS) is 27.6. The Kier molecular flexibility index (Phi) is 3.86. The highest BCUT2D eigenvalue weighted by Gasteiger charge is 2.39. The number of hydrogen-bond acceptors (Lipinski definition) is 1. The lowest BCUT2D eigenvalue weighted by atomic mass is 9.60. The van der Waals surface area contributed by atoms with Gasteiger partial charge in [-0.05, 0) is 49.5 Å². The molecular formula is C14H29N. The predicted molar refractivity (Wildman–Crippen MR) is 68.0 cm³/mol. The molecule has 0 radical (unpaired) electrons. The molecule has 1 heteroatoms. The van der Waals surface area contributed by atoms with E-state index in [1.807, 2.05) is 0 Å². The molecule has 1 fully saturated rings. The van der Waals surface area contributed by atoms with Crippen LogP contribution in [0.2, 0.25) is 0 Å². The third-order valence-electron chi connectivity index (χ3n) is 3.82. The van der Waals surface area contributed by atoms with Crippen LogP contribution in [-0.2, 0) is 0 Å². The van der Waals surface area contributed by atoms with Gasteiger partial charge in [-0.3, -0.25) is 0 Å². The van der Waals surface area contributed by atoms with Crippen LogP contribution in [0, 0.1) is 16.7 Å². The molecule has 15 heavy (non-hydrogen) atoms. The van der Waals surface area contributed by atoms with Gasteiger partial charge in [0.1, 0.15) is 0 Å². The van der Waals surface area contributed by atoms with Crippen molar-refractivity contribution in [1.82, 2.24) is 5.32 Å². The van der Waals surface area contributed by atoms with Gasteiger partial charge in [0, 0.05) is 6.04 Å². The van der Waals surface area contributed by atoms with Gasteiger partial charge in [0.05, 0.1) is 0 Å². The Balaban J connectivity index is 2.66. The zero-order chi connectivity index (χ0) is 11.7. The lowest BCUT2D eigenvalue weighted by Gasteiger charge is -2.47. The average molecular weight is 211 g/mol. The maximum absolute atomic E-state index is 3.59. The molecule has 1 rings (SSSR count). The first-order valence-electron chi connectivity index (χ1n) is 6.49. The van der Waals surface area contributed by atoms with Crippen LogP contribution in [0.25, 0.3) is 0 Å². The fraction of sp³-hybridized carbons (Fsp3) is 1.00. The van der Waals surface area contributed by atoms with E-state index in [9.17, 15) is 0 Å². The first kappa shape index (κ1) is 13.0. The molecule has 1 aliphatic rings. The first-order valence-corrected chi connectivity index (χ1v) is 6.49. The number of hydrogen-bond donors (Lipinski definition) is 1. The van der Waals surface area contributed by atoms with Crippen molar-refractivity contribution < 1.29 is 0 Å². The van der Waals surface area contributed by atoms with Gasteiger partial charge >= 0.3 is 0 Å².